The van der Waals surface area contributed by atoms with Gasteiger partial charge in [-0.25, -0.2) is 0 Å². The molecule has 4 heteroatoms. The Hall–Kier alpha value is -3.27. The molecule has 0 unspecified atom stereocenters. The Kier molecular flexibility index (Phi) is 7.10. The maximum Gasteiger partial charge on any atom is 0.255 e. The van der Waals surface area contributed by atoms with Crippen LogP contribution in [0.25, 0.3) is 0 Å². The van der Waals surface area contributed by atoms with E-state index in [1.165, 1.54) is 24.1 Å². The number of carbonyl (C=O) groups excluding carboxylic acids is 1. The number of amides is 1. The first-order valence-corrected chi connectivity index (χ1v) is 11.7. The van der Waals surface area contributed by atoms with Gasteiger partial charge >= 0.3 is 0 Å². The summed E-state index contributed by atoms with van der Waals surface area (Å²) < 4.78 is 0. The Morgan fingerprint density at radius 1 is 0.969 bits per heavy atom. The molecule has 0 radical (unpaired) electrons. The van der Waals surface area contributed by atoms with Gasteiger partial charge in [-0.05, 0) is 78.8 Å². The zero-order valence-electron chi connectivity index (χ0n) is 19.1. The predicted molar refractivity (Wildman–Crippen MR) is 135 cm³/mol. The molecule has 0 atom stereocenters. The highest BCUT2D eigenvalue weighted by molar-refractivity contribution is 6.04. The largest absolute Gasteiger partial charge is 0.381 e. The summed E-state index contributed by atoms with van der Waals surface area (Å²) in [5.41, 5.74) is 6.25. The molecule has 0 spiro atoms. The van der Waals surface area contributed by atoms with Crippen molar-refractivity contribution in [3.63, 3.8) is 0 Å². The third kappa shape index (κ3) is 5.50. The van der Waals surface area contributed by atoms with Gasteiger partial charge in [0.1, 0.15) is 0 Å². The number of benzene rings is 3. The van der Waals surface area contributed by atoms with Crippen molar-refractivity contribution in [3.05, 3.63) is 89.5 Å². The maximum atomic E-state index is 12.8. The standard InChI is InChI=1S/C28H33N3O/c1-3-23-8-4-5-10-27(23)29-20-22-7-6-9-24(19-22)28(32)30-25-11-13-26(14-12-25)31-17-15-21(2)16-18-31/h4-14,19,21,29H,3,15-18,20H2,1-2H3,(H,30,32). The SMILES string of the molecule is CCc1ccccc1NCc1cccc(C(=O)Nc2ccc(N3CCC(C)CC3)cc2)c1. The summed E-state index contributed by atoms with van der Waals surface area (Å²) in [5, 5.41) is 6.54. The molecule has 3 aromatic rings. The lowest BCUT2D eigenvalue weighted by Gasteiger charge is -2.32. The molecule has 1 amide bonds. The number of nitrogens with zero attached hydrogens (tertiary/aromatic N) is 1. The smallest absolute Gasteiger partial charge is 0.255 e. The van der Waals surface area contributed by atoms with Gasteiger partial charge in [0.05, 0.1) is 0 Å². The molecule has 3 aromatic carbocycles. The Balaban J connectivity index is 1.36. The number of para-hydroxylation sites is 1. The van der Waals surface area contributed by atoms with Crippen molar-refractivity contribution in [3.8, 4) is 0 Å². The second-order valence-electron chi connectivity index (χ2n) is 8.74. The van der Waals surface area contributed by atoms with E-state index in [4.69, 9.17) is 0 Å². The number of nitrogens with one attached hydrogen (secondary N) is 2. The molecule has 0 aromatic heterocycles. The molecule has 1 saturated heterocycles. The van der Waals surface area contributed by atoms with E-state index < -0.39 is 0 Å². The summed E-state index contributed by atoms with van der Waals surface area (Å²) in [5.74, 6) is 0.734. The van der Waals surface area contributed by atoms with Gasteiger partial charge in [0.15, 0.2) is 0 Å². The average molecular weight is 428 g/mol. The summed E-state index contributed by atoms with van der Waals surface area (Å²) in [7, 11) is 0. The third-order valence-corrected chi connectivity index (χ3v) is 6.34. The summed E-state index contributed by atoms with van der Waals surface area (Å²) in [6.07, 6.45) is 3.47. The fraction of sp³-hybridized carbons (Fsp3) is 0.321. The van der Waals surface area contributed by atoms with Crippen LogP contribution < -0.4 is 15.5 Å². The maximum absolute atomic E-state index is 12.8. The molecule has 0 aliphatic carbocycles. The molecule has 166 valence electrons. The number of carbonyl (C=O) groups is 1. The van der Waals surface area contributed by atoms with Gasteiger partial charge in [0, 0.05) is 42.3 Å². The van der Waals surface area contributed by atoms with Crippen LogP contribution in [-0.4, -0.2) is 19.0 Å². The molecule has 1 aliphatic rings. The van der Waals surface area contributed by atoms with Crippen molar-refractivity contribution in [1.82, 2.24) is 0 Å². The topological polar surface area (TPSA) is 44.4 Å². The number of anilines is 3. The minimum Gasteiger partial charge on any atom is -0.381 e. The van der Waals surface area contributed by atoms with Gasteiger partial charge in [-0.3, -0.25) is 4.79 Å². The Morgan fingerprint density at radius 3 is 2.47 bits per heavy atom. The number of rotatable bonds is 7. The van der Waals surface area contributed by atoms with E-state index in [0.29, 0.717) is 12.1 Å². The zero-order chi connectivity index (χ0) is 22.3. The Labute approximate surface area is 191 Å². The third-order valence-electron chi connectivity index (χ3n) is 6.34. The molecule has 4 rings (SSSR count). The molecule has 2 N–H and O–H groups in total. The Bertz CT molecular complexity index is 1040. The van der Waals surface area contributed by atoms with E-state index in [9.17, 15) is 4.79 Å². The van der Waals surface area contributed by atoms with Crippen LogP contribution >= 0.6 is 0 Å². The first-order chi connectivity index (χ1) is 15.6. The number of hydrogen-bond donors (Lipinski definition) is 2. The van der Waals surface area contributed by atoms with Gasteiger partial charge in [0.25, 0.3) is 5.91 Å². The Morgan fingerprint density at radius 2 is 1.72 bits per heavy atom. The first-order valence-electron chi connectivity index (χ1n) is 11.7. The van der Waals surface area contributed by atoms with Crippen molar-refractivity contribution in [2.45, 2.75) is 39.7 Å². The van der Waals surface area contributed by atoms with Crippen LogP contribution in [0.2, 0.25) is 0 Å². The lowest BCUT2D eigenvalue weighted by molar-refractivity contribution is 0.102. The molecular weight excluding hydrogens is 394 g/mol. The van der Waals surface area contributed by atoms with Crippen LogP contribution in [-0.2, 0) is 13.0 Å². The summed E-state index contributed by atoms with van der Waals surface area (Å²) in [6, 6.07) is 24.4. The van der Waals surface area contributed by atoms with E-state index >= 15 is 0 Å². The van der Waals surface area contributed by atoms with Gasteiger partial charge in [-0.15, -0.1) is 0 Å². The number of piperidine rings is 1. The van der Waals surface area contributed by atoms with Gasteiger partial charge in [0.2, 0.25) is 0 Å². The highest BCUT2D eigenvalue weighted by Gasteiger charge is 2.16. The van der Waals surface area contributed by atoms with Gasteiger partial charge in [-0.2, -0.15) is 0 Å². The molecule has 1 aliphatic heterocycles. The van der Waals surface area contributed by atoms with Crippen LogP contribution in [0, 0.1) is 5.92 Å². The fourth-order valence-electron chi connectivity index (χ4n) is 4.25. The predicted octanol–water partition coefficient (Wildman–Crippen LogP) is 6.35. The van der Waals surface area contributed by atoms with E-state index in [2.05, 4.69) is 59.7 Å². The van der Waals surface area contributed by atoms with Crippen molar-refractivity contribution in [1.29, 1.82) is 0 Å². The highest BCUT2D eigenvalue weighted by atomic mass is 16.1. The number of hydrogen-bond acceptors (Lipinski definition) is 3. The first kappa shape index (κ1) is 21.9. The second-order valence-corrected chi connectivity index (χ2v) is 8.74. The summed E-state index contributed by atoms with van der Waals surface area (Å²) in [4.78, 5) is 15.3. The van der Waals surface area contributed by atoms with Crippen molar-refractivity contribution >= 4 is 23.0 Å². The minimum atomic E-state index is -0.0830. The van der Waals surface area contributed by atoms with E-state index in [0.717, 1.165) is 42.4 Å². The molecule has 32 heavy (non-hydrogen) atoms. The van der Waals surface area contributed by atoms with Crippen LogP contribution in [0.5, 0.6) is 0 Å². The van der Waals surface area contributed by atoms with Crippen molar-refractivity contribution in [2.75, 3.05) is 28.6 Å². The molecule has 0 bridgehead atoms. The zero-order valence-corrected chi connectivity index (χ0v) is 19.1. The molecule has 0 saturated carbocycles. The highest BCUT2D eigenvalue weighted by Crippen LogP contribution is 2.24. The second kappa shape index (κ2) is 10.4. The van der Waals surface area contributed by atoms with E-state index in [1.54, 1.807) is 0 Å². The lowest BCUT2D eigenvalue weighted by atomic mass is 9.99. The molecule has 1 fully saturated rings. The van der Waals surface area contributed by atoms with Gasteiger partial charge < -0.3 is 15.5 Å². The van der Waals surface area contributed by atoms with Crippen LogP contribution in [0.4, 0.5) is 17.1 Å². The monoisotopic (exact) mass is 427 g/mol. The van der Waals surface area contributed by atoms with E-state index in [-0.39, 0.29) is 5.91 Å². The molecule has 1 heterocycles. The van der Waals surface area contributed by atoms with Crippen LogP contribution in [0.15, 0.2) is 72.8 Å². The van der Waals surface area contributed by atoms with Crippen molar-refractivity contribution < 1.29 is 4.79 Å². The lowest BCUT2D eigenvalue weighted by Crippen LogP contribution is -2.32. The van der Waals surface area contributed by atoms with Crippen molar-refractivity contribution in [2.24, 2.45) is 5.92 Å². The number of aryl methyl sites for hydroxylation is 1. The normalized spacial score (nSPS) is 14.2. The van der Waals surface area contributed by atoms with Crippen LogP contribution in [0.1, 0.15) is 48.2 Å². The van der Waals surface area contributed by atoms with Gasteiger partial charge in [-0.1, -0.05) is 44.2 Å². The molecular formula is C28H33N3O. The van der Waals surface area contributed by atoms with E-state index in [1.807, 2.05) is 42.5 Å². The quantitative estimate of drug-likeness (QED) is 0.462. The summed E-state index contributed by atoms with van der Waals surface area (Å²) >= 11 is 0. The van der Waals surface area contributed by atoms with Crippen LogP contribution in [0.3, 0.4) is 0 Å². The fourth-order valence-corrected chi connectivity index (χ4v) is 4.25. The molecule has 4 nitrogen and oxygen atoms in total. The average Bonchev–Trinajstić information content (AvgIpc) is 2.84. The summed E-state index contributed by atoms with van der Waals surface area (Å²) in [6.45, 7) is 7.38. The minimum absolute atomic E-state index is 0.0830.